The van der Waals surface area contributed by atoms with Crippen LogP contribution in [0.3, 0.4) is 0 Å². The molecule has 7 heteroatoms. The molecule has 0 aromatic heterocycles. The molecule has 4 rings (SSSR count). The van der Waals surface area contributed by atoms with Gasteiger partial charge >= 0.3 is 6.16 Å². The summed E-state index contributed by atoms with van der Waals surface area (Å²) in [4.78, 5) is 19.1. The fraction of sp³-hybridized carbons (Fsp3) is 0.364. The summed E-state index contributed by atoms with van der Waals surface area (Å²) in [7, 11) is 0. The number of hydrogen-bond donors (Lipinski definition) is 0. The molecular weight excluding hydrogens is 522 g/mol. The molecule has 1 fully saturated rings. The Balaban J connectivity index is 1.39. The van der Waals surface area contributed by atoms with Crippen LogP contribution in [0.4, 0.5) is 4.79 Å². The van der Waals surface area contributed by atoms with E-state index in [2.05, 4.69) is 60.9 Å². The number of carbonyl (C=O) groups is 1. The zero-order valence-corrected chi connectivity index (χ0v) is 24.6. The molecule has 0 N–H and O–H groups in total. The topological polar surface area (TPSA) is 57.2 Å². The van der Waals surface area contributed by atoms with Crippen LogP contribution in [0, 0.1) is 0 Å². The molecule has 0 bridgehead atoms. The van der Waals surface area contributed by atoms with Gasteiger partial charge < -0.3 is 19.0 Å². The molecule has 2 unspecified atom stereocenters. The molecular formula is C33H39NO5S. The first kappa shape index (κ1) is 29.7. The fourth-order valence-electron chi connectivity index (χ4n) is 4.52. The van der Waals surface area contributed by atoms with Gasteiger partial charge in [-0.15, -0.1) is 16.8 Å². The lowest BCUT2D eigenvalue weighted by atomic mass is 9.87. The lowest BCUT2D eigenvalue weighted by molar-refractivity contribution is -0.179. The van der Waals surface area contributed by atoms with Crippen LogP contribution in [0.1, 0.15) is 49.8 Å². The van der Waals surface area contributed by atoms with Crippen LogP contribution in [0.15, 0.2) is 89.8 Å². The van der Waals surface area contributed by atoms with Crippen molar-refractivity contribution >= 4 is 24.0 Å². The highest BCUT2D eigenvalue weighted by molar-refractivity contribution is 7.98. The van der Waals surface area contributed by atoms with Gasteiger partial charge in [0.1, 0.15) is 18.0 Å². The van der Waals surface area contributed by atoms with Gasteiger partial charge in [0, 0.05) is 17.4 Å². The number of rotatable bonds is 10. The van der Waals surface area contributed by atoms with Crippen LogP contribution >= 0.6 is 11.8 Å². The maximum atomic E-state index is 12.3. The van der Waals surface area contributed by atoms with Gasteiger partial charge in [0.15, 0.2) is 0 Å². The molecule has 1 heterocycles. The van der Waals surface area contributed by atoms with Crippen molar-refractivity contribution in [2.45, 2.75) is 56.3 Å². The Hall–Kier alpha value is -3.26. The SMILES string of the molecule is CSc1ccc(COC2CN(OC(=O)OC(C)(C)C)CCC2c2ccc(OCC=Cc3ccccc3)cc2)cc1. The number of thioether (sulfide) groups is 1. The maximum absolute atomic E-state index is 12.3. The van der Waals surface area contributed by atoms with Gasteiger partial charge in [0.2, 0.25) is 0 Å². The quantitative estimate of drug-likeness (QED) is 0.185. The summed E-state index contributed by atoms with van der Waals surface area (Å²) < 4.78 is 17.7. The van der Waals surface area contributed by atoms with E-state index in [-0.39, 0.29) is 12.0 Å². The molecule has 6 nitrogen and oxygen atoms in total. The summed E-state index contributed by atoms with van der Waals surface area (Å²) in [5.41, 5.74) is 2.81. The third kappa shape index (κ3) is 9.44. The molecule has 2 atom stereocenters. The van der Waals surface area contributed by atoms with Gasteiger partial charge in [-0.1, -0.05) is 60.7 Å². The molecule has 1 aliphatic heterocycles. The predicted molar refractivity (Wildman–Crippen MR) is 160 cm³/mol. The Kier molecular flexibility index (Phi) is 10.7. The standard InChI is InChI=1S/C33H39NO5S/c1-33(2,3)38-32(35)39-34-21-20-30(31(23-34)37-24-26-12-18-29(40-4)19-13-26)27-14-16-28(17-15-27)36-22-8-11-25-9-6-5-7-10-25/h5-19,30-31H,20-24H2,1-4H3. The van der Waals surface area contributed by atoms with Crippen molar-refractivity contribution in [1.82, 2.24) is 5.06 Å². The summed E-state index contributed by atoms with van der Waals surface area (Å²) in [5.74, 6) is 0.967. The lowest BCUT2D eigenvalue weighted by Crippen LogP contribution is -2.45. The van der Waals surface area contributed by atoms with Gasteiger partial charge in [0.05, 0.1) is 19.3 Å². The van der Waals surface area contributed by atoms with E-state index in [1.807, 2.05) is 57.2 Å². The summed E-state index contributed by atoms with van der Waals surface area (Å²) in [6.07, 6.45) is 6.04. The number of ether oxygens (including phenoxy) is 3. The van der Waals surface area contributed by atoms with Gasteiger partial charge in [-0.2, -0.15) is 0 Å². The largest absolute Gasteiger partial charge is 0.528 e. The molecule has 212 valence electrons. The highest BCUT2D eigenvalue weighted by Gasteiger charge is 2.34. The second kappa shape index (κ2) is 14.4. The van der Waals surface area contributed by atoms with Crippen LogP contribution in [0.5, 0.6) is 5.75 Å². The van der Waals surface area contributed by atoms with E-state index in [4.69, 9.17) is 19.0 Å². The van der Waals surface area contributed by atoms with Crippen molar-refractivity contribution in [3.05, 3.63) is 102 Å². The molecule has 0 radical (unpaired) electrons. The molecule has 3 aromatic rings. The average Bonchev–Trinajstić information content (AvgIpc) is 2.94. The van der Waals surface area contributed by atoms with E-state index in [1.165, 1.54) is 10.5 Å². The minimum Gasteiger partial charge on any atom is -0.490 e. The predicted octanol–water partition coefficient (Wildman–Crippen LogP) is 7.74. The lowest BCUT2D eigenvalue weighted by Gasteiger charge is -2.37. The van der Waals surface area contributed by atoms with Crippen molar-refractivity contribution in [2.24, 2.45) is 0 Å². The van der Waals surface area contributed by atoms with Crippen molar-refractivity contribution in [2.75, 3.05) is 26.0 Å². The summed E-state index contributed by atoms with van der Waals surface area (Å²) in [5, 5.41) is 1.66. The van der Waals surface area contributed by atoms with Gasteiger partial charge in [-0.3, -0.25) is 0 Å². The van der Waals surface area contributed by atoms with Crippen molar-refractivity contribution in [3.63, 3.8) is 0 Å². The Morgan fingerprint density at radius 1 is 1.00 bits per heavy atom. The van der Waals surface area contributed by atoms with Crippen LogP contribution in [-0.2, 0) is 20.9 Å². The number of carbonyl (C=O) groups excluding carboxylic acids is 1. The molecule has 0 saturated carbocycles. The Morgan fingerprint density at radius 2 is 1.73 bits per heavy atom. The zero-order chi connectivity index (χ0) is 28.4. The van der Waals surface area contributed by atoms with Gasteiger partial charge in [-0.25, -0.2) is 4.79 Å². The highest BCUT2D eigenvalue weighted by atomic mass is 32.2. The zero-order valence-electron chi connectivity index (χ0n) is 23.7. The van der Waals surface area contributed by atoms with Crippen molar-refractivity contribution in [1.29, 1.82) is 0 Å². The van der Waals surface area contributed by atoms with Gasteiger partial charge in [0.25, 0.3) is 0 Å². The van der Waals surface area contributed by atoms with E-state index in [9.17, 15) is 4.79 Å². The Labute approximate surface area is 242 Å². The van der Waals surface area contributed by atoms with Crippen LogP contribution < -0.4 is 4.74 Å². The number of piperidine rings is 1. The average molecular weight is 562 g/mol. The first-order valence-corrected chi connectivity index (χ1v) is 14.9. The van der Waals surface area contributed by atoms with E-state index < -0.39 is 11.8 Å². The maximum Gasteiger partial charge on any atom is 0.528 e. The smallest absolute Gasteiger partial charge is 0.490 e. The second-order valence-corrected chi connectivity index (χ2v) is 11.6. The van der Waals surface area contributed by atoms with E-state index in [0.717, 1.165) is 23.3 Å². The Morgan fingerprint density at radius 3 is 2.40 bits per heavy atom. The first-order chi connectivity index (χ1) is 19.3. The van der Waals surface area contributed by atoms with E-state index in [0.29, 0.717) is 26.3 Å². The van der Waals surface area contributed by atoms with E-state index >= 15 is 0 Å². The Bertz CT molecular complexity index is 1220. The molecule has 40 heavy (non-hydrogen) atoms. The molecule has 0 aliphatic carbocycles. The van der Waals surface area contributed by atoms with Gasteiger partial charge in [-0.05, 0) is 80.5 Å². The number of nitrogens with zero attached hydrogens (tertiary/aromatic N) is 1. The molecule has 0 amide bonds. The molecule has 1 aliphatic rings. The number of hydrogen-bond acceptors (Lipinski definition) is 7. The number of benzene rings is 3. The van der Waals surface area contributed by atoms with Crippen LogP contribution in [0.25, 0.3) is 6.08 Å². The summed E-state index contributed by atoms with van der Waals surface area (Å²) in [6, 6.07) is 26.8. The number of hydroxylamine groups is 2. The molecule has 1 saturated heterocycles. The molecule has 0 spiro atoms. The normalized spacial score (nSPS) is 18.0. The van der Waals surface area contributed by atoms with Crippen molar-refractivity contribution < 1.29 is 23.8 Å². The monoisotopic (exact) mass is 561 g/mol. The minimum atomic E-state index is -0.694. The van der Waals surface area contributed by atoms with Crippen LogP contribution in [0.2, 0.25) is 0 Å². The van der Waals surface area contributed by atoms with Crippen molar-refractivity contribution in [3.8, 4) is 5.75 Å². The molecule has 3 aromatic carbocycles. The third-order valence-electron chi connectivity index (χ3n) is 6.50. The fourth-order valence-corrected chi connectivity index (χ4v) is 4.93. The van der Waals surface area contributed by atoms with E-state index in [1.54, 1.807) is 16.8 Å². The minimum absolute atomic E-state index is 0.149. The third-order valence-corrected chi connectivity index (χ3v) is 7.25. The summed E-state index contributed by atoms with van der Waals surface area (Å²) in [6.45, 7) is 7.48. The van der Waals surface area contributed by atoms with Crippen LogP contribution in [-0.4, -0.2) is 48.9 Å². The second-order valence-electron chi connectivity index (χ2n) is 10.7. The highest BCUT2D eigenvalue weighted by Crippen LogP contribution is 2.32. The first-order valence-electron chi connectivity index (χ1n) is 13.6. The summed E-state index contributed by atoms with van der Waals surface area (Å²) >= 11 is 1.72.